The quantitative estimate of drug-likeness (QED) is 0.790. The zero-order chi connectivity index (χ0) is 13.0. The number of aromatic hydroxyl groups is 2. The summed E-state index contributed by atoms with van der Waals surface area (Å²) >= 11 is 0. The lowest BCUT2D eigenvalue weighted by Gasteiger charge is -2.13. The van der Waals surface area contributed by atoms with Crippen molar-refractivity contribution in [2.45, 2.75) is 33.6 Å². The molecule has 0 aliphatic carbocycles. The Bertz CT molecular complexity index is 424. The van der Waals surface area contributed by atoms with Gasteiger partial charge in [0.05, 0.1) is 6.61 Å². The average molecular weight is 238 g/mol. The molecule has 1 aromatic carbocycles. The van der Waals surface area contributed by atoms with Gasteiger partial charge in [-0.25, -0.2) is 4.79 Å². The molecule has 17 heavy (non-hydrogen) atoms. The lowest BCUT2D eigenvalue weighted by atomic mass is 9.97. The van der Waals surface area contributed by atoms with E-state index in [0.717, 1.165) is 5.56 Å². The van der Waals surface area contributed by atoms with Gasteiger partial charge in [0.2, 0.25) is 0 Å². The van der Waals surface area contributed by atoms with E-state index in [1.165, 1.54) is 6.07 Å². The molecule has 2 N–H and O–H groups in total. The molecule has 0 heterocycles. The molecular weight excluding hydrogens is 220 g/mol. The van der Waals surface area contributed by atoms with Crippen molar-refractivity contribution >= 4 is 5.97 Å². The highest BCUT2D eigenvalue weighted by molar-refractivity contribution is 5.96. The molecule has 4 heteroatoms. The Morgan fingerprint density at radius 3 is 2.35 bits per heavy atom. The number of esters is 1. The molecule has 0 aromatic heterocycles. The fraction of sp³-hybridized carbons (Fsp3) is 0.462. The zero-order valence-electron chi connectivity index (χ0n) is 10.4. The average Bonchev–Trinajstić information content (AvgIpc) is 2.28. The topological polar surface area (TPSA) is 66.8 Å². The Kier molecular flexibility index (Phi) is 4.37. The number of aryl methyl sites for hydroxylation is 1. The van der Waals surface area contributed by atoms with E-state index in [4.69, 9.17) is 4.74 Å². The summed E-state index contributed by atoms with van der Waals surface area (Å²) in [7, 11) is 0. The highest BCUT2D eigenvalue weighted by Gasteiger charge is 2.22. The number of phenols is 2. The summed E-state index contributed by atoms with van der Waals surface area (Å²) < 4.78 is 4.80. The van der Waals surface area contributed by atoms with E-state index in [-0.39, 0.29) is 23.7 Å². The Morgan fingerprint density at radius 1 is 1.24 bits per heavy atom. The van der Waals surface area contributed by atoms with Crippen LogP contribution in [-0.4, -0.2) is 22.8 Å². The van der Waals surface area contributed by atoms with Crippen molar-refractivity contribution in [3.05, 3.63) is 22.8 Å². The summed E-state index contributed by atoms with van der Waals surface area (Å²) in [4.78, 5) is 11.6. The molecule has 0 atom stereocenters. The second-order valence-corrected chi connectivity index (χ2v) is 3.68. The fourth-order valence-corrected chi connectivity index (χ4v) is 1.86. The van der Waals surface area contributed by atoms with E-state index in [0.29, 0.717) is 18.4 Å². The van der Waals surface area contributed by atoms with Crippen LogP contribution < -0.4 is 0 Å². The molecule has 4 nitrogen and oxygen atoms in total. The van der Waals surface area contributed by atoms with E-state index in [9.17, 15) is 15.0 Å². The maximum absolute atomic E-state index is 11.6. The molecular formula is C13H18O4. The molecule has 0 bridgehead atoms. The van der Waals surface area contributed by atoms with Gasteiger partial charge in [0.15, 0.2) is 0 Å². The van der Waals surface area contributed by atoms with Crippen molar-refractivity contribution in [1.82, 2.24) is 0 Å². The maximum atomic E-state index is 11.6. The Morgan fingerprint density at radius 2 is 1.88 bits per heavy atom. The van der Waals surface area contributed by atoms with Gasteiger partial charge in [-0.3, -0.25) is 0 Å². The van der Waals surface area contributed by atoms with Crippen LogP contribution in [0.5, 0.6) is 11.5 Å². The van der Waals surface area contributed by atoms with Gasteiger partial charge in [-0.1, -0.05) is 13.8 Å². The smallest absolute Gasteiger partial charge is 0.345 e. The molecule has 1 rings (SSSR count). The highest BCUT2D eigenvalue weighted by Crippen LogP contribution is 2.34. The van der Waals surface area contributed by atoms with Crippen LogP contribution in [0.4, 0.5) is 0 Å². The van der Waals surface area contributed by atoms with Gasteiger partial charge in [-0.05, 0) is 37.0 Å². The second-order valence-electron chi connectivity index (χ2n) is 3.68. The van der Waals surface area contributed by atoms with Crippen LogP contribution in [0.25, 0.3) is 0 Å². The Labute approximate surface area is 101 Å². The van der Waals surface area contributed by atoms with Crippen molar-refractivity contribution in [2.75, 3.05) is 6.61 Å². The summed E-state index contributed by atoms with van der Waals surface area (Å²) in [6, 6.07) is 1.52. The van der Waals surface area contributed by atoms with E-state index in [2.05, 4.69) is 0 Å². The van der Waals surface area contributed by atoms with E-state index in [1.807, 2.05) is 13.8 Å². The number of rotatable bonds is 4. The summed E-state index contributed by atoms with van der Waals surface area (Å²) in [6.45, 7) is 5.69. The third kappa shape index (κ3) is 2.52. The molecule has 0 unspecified atom stereocenters. The maximum Gasteiger partial charge on any atom is 0.345 e. The Hall–Kier alpha value is -1.71. The van der Waals surface area contributed by atoms with Crippen LogP contribution in [0, 0.1) is 0 Å². The van der Waals surface area contributed by atoms with Crippen molar-refractivity contribution in [3.63, 3.8) is 0 Å². The van der Waals surface area contributed by atoms with Crippen molar-refractivity contribution in [1.29, 1.82) is 0 Å². The third-order valence-electron chi connectivity index (χ3n) is 2.69. The van der Waals surface area contributed by atoms with Gasteiger partial charge >= 0.3 is 5.97 Å². The van der Waals surface area contributed by atoms with Crippen LogP contribution in [0.3, 0.4) is 0 Å². The van der Waals surface area contributed by atoms with Gasteiger partial charge in [-0.15, -0.1) is 0 Å². The standard InChI is InChI=1S/C13H18O4/c1-4-8-7-10(14)11(13(16)17-6-3)12(15)9(8)5-2/h7,14-15H,4-6H2,1-3H3. The van der Waals surface area contributed by atoms with Crippen LogP contribution in [0.1, 0.15) is 42.3 Å². The van der Waals surface area contributed by atoms with E-state index in [1.54, 1.807) is 6.92 Å². The van der Waals surface area contributed by atoms with Gasteiger partial charge in [0, 0.05) is 0 Å². The second kappa shape index (κ2) is 5.57. The number of carbonyl (C=O) groups is 1. The van der Waals surface area contributed by atoms with Crippen molar-refractivity contribution in [2.24, 2.45) is 0 Å². The van der Waals surface area contributed by atoms with Gasteiger partial charge in [0.25, 0.3) is 0 Å². The minimum Gasteiger partial charge on any atom is -0.507 e. The SMILES string of the molecule is CCOC(=O)c1c(O)cc(CC)c(CC)c1O. The van der Waals surface area contributed by atoms with Gasteiger partial charge in [0.1, 0.15) is 17.1 Å². The van der Waals surface area contributed by atoms with Crippen LogP contribution in [-0.2, 0) is 17.6 Å². The monoisotopic (exact) mass is 238 g/mol. The largest absolute Gasteiger partial charge is 0.507 e. The van der Waals surface area contributed by atoms with E-state index >= 15 is 0 Å². The molecule has 0 saturated carbocycles. The Balaban J connectivity index is 3.36. The summed E-state index contributed by atoms with van der Waals surface area (Å²) in [6.07, 6.45) is 1.29. The minimum absolute atomic E-state index is 0.138. The number of carbonyl (C=O) groups excluding carboxylic acids is 1. The summed E-state index contributed by atoms with van der Waals surface area (Å²) in [5, 5.41) is 19.8. The van der Waals surface area contributed by atoms with Crippen LogP contribution >= 0.6 is 0 Å². The first kappa shape index (κ1) is 13.4. The lowest BCUT2D eigenvalue weighted by molar-refractivity contribution is 0.0519. The third-order valence-corrected chi connectivity index (χ3v) is 2.69. The van der Waals surface area contributed by atoms with Gasteiger partial charge in [-0.2, -0.15) is 0 Å². The molecule has 1 aromatic rings. The van der Waals surface area contributed by atoms with E-state index < -0.39 is 5.97 Å². The number of phenolic OH excluding ortho intramolecular Hbond substituents is 2. The number of hydrogen-bond donors (Lipinski definition) is 2. The fourth-order valence-electron chi connectivity index (χ4n) is 1.86. The molecule has 0 radical (unpaired) electrons. The first-order valence-corrected chi connectivity index (χ1v) is 5.80. The predicted molar refractivity (Wildman–Crippen MR) is 64.5 cm³/mol. The molecule has 0 aliphatic heterocycles. The highest BCUT2D eigenvalue weighted by atomic mass is 16.5. The summed E-state index contributed by atoms with van der Waals surface area (Å²) in [5.41, 5.74) is 1.39. The van der Waals surface area contributed by atoms with Crippen LogP contribution in [0.15, 0.2) is 6.07 Å². The first-order valence-electron chi connectivity index (χ1n) is 5.80. The molecule has 0 fully saturated rings. The normalized spacial score (nSPS) is 10.3. The molecule has 0 spiro atoms. The molecule has 0 saturated heterocycles. The zero-order valence-corrected chi connectivity index (χ0v) is 10.4. The van der Waals surface area contributed by atoms with Crippen molar-refractivity contribution < 1.29 is 19.7 Å². The molecule has 94 valence electrons. The lowest BCUT2D eigenvalue weighted by Crippen LogP contribution is -2.07. The van der Waals surface area contributed by atoms with Crippen molar-refractivity contribution in [3.8, 4) is 11.5 Å². The summed E-state index contributed by atoms with van der Waals surface area (Å²) in [5.74, 6) is -1.09. The molecule has 0 amide bonds. The number of hydrogen-bond acceptors (Lipinski definition) is 4. The minimum atomic E-state index is -0.695. The first-order chi connectivity index (χ1) is 8.06. The van der Waals surface area contributed by atoms with Gasteiger partial charge < -0.3 is 14.9 Å². The number of benzene rings is 1. The molecule has 0 aliphatic rings. The predicted octanol–water partition coefficient (Wildman–Crippen LogP) is 2.40. The van der Waals surface area contributed by atoms with Crippen LogP contribution in [0.2, 0.25) is 0 Å². The number of ether oxygens (including phenoxy) is 1.